The third-order valence-corrected chi connectivity index (χ3v) is 8.74. The van der Waals surface area contributed by atoms with Crippen molar-refractivity contribution in [2.24, 2.45) is 0 Å². The monoisotopic (exact) mass is 516 g/mol. The largest absolute Gasteiger partial charge is 0.309 e. The topological polar surface area (TPSA) is 8.17 Å². The predicted octanol–water partition coefficient (Wildman–Crippen LogP) is 10.6. The molecule has 0 spiro atoms. The molecule has 0 saturated carbocycles. The van der Waals surface area contributed by atoms with Crippen LogP contribution >= 0.6 is 11.3 Å². The Morgan fingerprint density at radius 1 is 0.513 bits per heavy atom. The SMILES string of the molecule is c1ccc(N(c2ccccc2)c2cc3c4ccccc4n(-c4ccccc4)c3c3c2sc2ccccc23)cc1. The number of rotatable bonds is 4. The molecule has 0 atom stereocenters. The van der Waals surface area contributed by atoms with Crippen LogP contribution in [-0.4, -0.2) is 4.57 Å². The molecule has 0 radical (unpaired) electrons. The maximum atomic E-state index is 2.45. The molecule has 0 bridgehead atoms. The van der Waals surface area contributed by atoms with Gasteiger partial charge in [-0.25, -0.2) is 0 Å². The first-order valence-electron chi connectivity index (χ1n) is 13.2. The Labute approximate surface area is 230 Å². The van der Waals surface area contributed by atoms with Crippen LogP contribution in [0.5, 0.6) is 0 Å². The van der Waals surface area contributed by atoms with Gasteiger partial charge in [0.05, 0.1) is 21.4 Å². The highest BCUT2D eigenvalue weighted by molar-refractivity contribution is 7.26. The van der Waals surface area contributed by atoms with Crippen LogP contribution in [0.4, 0.5) is 17.1 Å². The Balaban J connectivity index is 1.60. The number of benzene rings is 6. The maximum absolute atomic E-state index is 2.45. The molecule has 3 heteroatoms. The lowest BCUT2D eigenvalue weighted by molar-refractivity contribution is 1.19. The number of nitrogens with zero attached hydrogens (tertiary/aromatic N) is 2. The van der Waals surface area contributed by atoms with E-state index < -0.39 is 0 Å². The average Bonchev–Trinajstić information content (AvgIpc) is 3.55. The number of fused-ring (bicyclic) bond motifs is 7. The summed E-state index contributed by atoms with van der Waals surface area (Å²) in [5.74, 6) is 0. The second kappa shape index (κ2) is 8.87. The van der Waals surface area contributed by atoms with E-state index >= 15 is 0 Å². The van der Waals surface area contributed by atoms with Gasteiger partial charge < -0.3 is 9.47 Å². The van der Waals surface area contributed by atoms with Gasteiger partial charge in [-0.2, -0.15) is 0 Å². The fourth-order valence-corrected chi connectivity index (χ4v) is 7.12. The Bertz CT molecular complexity index is 2070. The van der Waals surface area contributed by atoms with Crippen molar-refractivity contribution in [2.75, 3.05) is 4.90 Å². The Morgan fingerprint density at radius 3 is 1.77 bits per heavy atom. The van der Waals surface area contributed by atoms with Crippen molar-refractivity contribution < 1.29 is 0 Å². The van der Waals surface area contributed by atoms with Crippen molar-refractivity contribution in [3.63, 3.8) is 0 Å². The van der Waals surface area contributed by atoms with Gasteiger partial charge in [-0.1, -0.05) is 91.0 Å². The van der Waals surface area contributed by atoms with Gasteiger partial charge in [-0.15, -0.1) is 11.3 Å². The highest BCUT2D eigenvalue weighted by Gasteiger charge is 2.24. The van der Waals surface area contributed by atoms with Crippen LogP contribution in [-0.2, 0) is 0 Å². The minimum Gasteiger partial charge on any atom is -0.309 e. The van der Waals surface area contributed by atoms with E-state index in [0.717, 1.165) is 11.4 Å². The molecule has 0 amide bonds. The molecule has 2 aromatic heterocycles. The minimum atomic E-state index is 1.15. The van der Waals surface area contributed by atoms with Crippen molar-refractivity contribution in [3.05, 3.63) is 146 Å². The molecule has 0 aliphatic rings. The molecule has 0 aliphatic heterocycles. The molecule has 0 unspecified atom stereocenters. The smallest absolute Gasteiger partial charge is 0.0648 e. The number of anilines is 3. The summed E-state index contributed by atoms with van der Waals surface area (Å²) in [6, 6.07) is 52.2. The van der Waals surface area contributed by atoms with Gasteiger partial charge in [0.15, 0.2) is 0 Å². The van der Waals surface area contributed by atoms with Crippen LogP contribution < -0.4 is 4.90 Å². The lowest BCUT2D eigenvalue weighted by Crippen LogP contribution is -2.10. The van der Waals surface area contributed by atoms with Crippen molar-refractivity contribution in [1.82, 2.24) is 4.57 Å². The fraction of sp³-hybridized carbons (Fsp3) is 0. The minimum absolute atomic E-state index is 1.15. The fourth-order valence-electron chi connectivity index (χ4n) is 5.91. The number of aromatic nitrogens is 1. The van der Waals surface area contributed by atoms with Crippen LogP contribution in [0.1, 0.15) is 0 Å². The zero-order chi connectivity index (χ0) is 25.8. The van der Waals surface area contributed by atoms with Crippen molar-refractivity contribution in [3.8, 4) is 5.69 Å². The van der Waals surface area contributed by atoms with E-state index in [4.69, 9.17) is 0 Å². The van der Waals surface area contributed by atoms with Crippen molar-refractivity contribution in [1.29, 1.82) is 0 Å². The zero-order valence-electron chi connectivity index (χ0n) is 21.2. The number of hydrogen-bond acceptors (Lipinski definition) is 2. The highest BCUT2D eigenvalue weighted by Crippen LogP contribution is 2.50. The molecule has 39 heavy (non-hydrogen) atoms. The summed E-state index contributed by atoms with van der Waals surface area (Å²) in [5.41, 5.74) is 7.16. The maximum Gasteiger partial charge on any atom is 0.0648 e. The van der Waals surface area contributed by atoms with Gasteiger partial charge in [0.2, 0.25) is 0 Å². The third kappa shape index (κ3) is 3.41. The molecule has 0 fully saturated rings. The van der Waals surface area contributed by atoms with Crippen LogP contribution in [0.2, 0.25) is 0 Å². The van der Waals surface area contributed by atoms with Gasteiger partial charge in [-0.05, 0) is 54.6 Å². The molecule has 0 saturated heterocycles. The van der Waals surface area contributed by atoms with E-state index in [1.54, 1.807) is 0 Å². The summed E-state index contributed by atoms with van der Waals surface area (Å²) < 4.78 is 5.04. The summed E-state index contributed by atoms with van der Waals surface area (Å²) in [5, 5.41) is 5.12. The molecule has 0 aliphatic carbocycles. The molecular weight excluding hydrogens is 492 g/mol. The molecule has 2 nitrogen and oxygen atoms in total. The van der Waals surface area contributed by atoms with E-state index in [0.29, 0.717) is 0 Å². The van der Waals surface area contributed by atoms with Crippen LogP contribution in [0.15, 0.2) is 146 Å². The lowest BCUT2D eigenvalue weighted by Gasteiger charge is -2.26. The number of thiophene rings is 1. The molecule has 184 valence electrons. The second-order valence-corrected chi connectivity index (χ2v) is 10.8. The number of hydrogen-bond donors (Lipinski definition) is 0. The van der Waals surface area contributed by atoms with Crippen LogP contribution in [0, 0.1) is 0 Å². The summed E-state index contributed by atoms with van der Waals surface area (Å²) in [4.78, 5) is 2.41. The van der Waals surface area contributed by atoms with Gasteiger partial charge in [0.1, 0.15) is 0 Å². The normalized spacial score (nSPS) is 11.6. The first-order chi connectivity index (χ1) is 19.4. The van der Waals surface area contributed by atoms with Gasteiger partial charge in [-0.3, -0.25) is 0 Å². The molecule has 8 aromatic rings. The molecule has 8 rings (SSSR count). The first kappa shape index (κ1) is 22.2. The molecule has 6 aromatic carbocycles. The Morgan fingerprint density at radius 2 is 1.08 bits per heavy atom. The quantitative estimate of drug-likeness (QED) is 0.226. The van der Waals surface area contributed by atoms with E-state index in [-0.39, 0.29) is 0 Å². The van der Waals surface area contributed by atoms with Gasteiger partial charge in [0, 0.05) is 43.3 Å². The zero-order valence-corrected chi connectivity index (χ0v) is 22.0. The highest BCUT2D eigenvalue weighted by atomic mass is 32.1. The van der Waals surface area contributed by atoms with E-state index in [1.165, 1.54) is 53.4 Å². The summed E-state index contributed by atoms with van der Waals surface area (Å²) >= 11 is 1.88. The van der Waals surface area contributed by atoms with Crippen LogP contribution in [0.3, 0.4) is 0 Å². The van der Waals surface area contributed by atoms with E-state index in [2.05, 4.69) is 155 Å². The van der Waals surface area contributed by atoms with Crippen LogP contribution in [0.25, 0.3) is 47.7 Å². The number of para-hydroxylation sites is 4. The van der Waals surface area contributed by atoms with E-state index in [9.17, 15) is 0 Å². The predicted molar refractivity (Wildman–Crippen MR) is 168 cm³/mol. The summed E-state index contributed by atoms with van der Waals surface area (Å²) in [6.07, 6.45) is 0. The van der Waals surface area contributed by atoms with E-state index in [1.807, 2.05) is 11.3 Å². The van der Waals surface area contributed by atoms with Crippen molar-refractivity contribution >= 4 is 70.4 Å². The Hall–Kier alpha value is -4.86. The molecule has 2 heterocycles. The van der Waals surface area contributed by atoms with Gasteiger partial charge >= 0.3 is 0 Å². The van der Waals surface area contributed by atoms with Crippen molar-refractivity contribution in [2.45, 2.75) is 0 Å². The first-order valence-corrected chi connectivity index (χ1v) is 14.0. The third-order valence-electron chi connectivity index (χ3n) is 7.54. The van der Waals surface area contributed by atoms with Gasteiger partial charge in [0.25, 0.3) is 0 Å². The Kier molecular flexibility index (Phi) is 5.04. The standard InChI is InChI=1S/C36H24N2S/c1-4-14-25(15-5-1)37(26-16-6-2-7-17-26)32-24-30-28-20-10-12-22-31(28)38(27-18-8-3-9-19-27)35(30)34-29-21-11-13-23-33(29)39-36(32)34/h1-24H. The summed E-state index contributed by atoms with van der Waals surface area (Å²) in [7, 11) is 0. The second-order valence-electron chi connectivity index (χ2n) is 9.79. The molecule has 0 N–H and O–H groups in total. The lowest BCUT2D eigenvalue weighted by atomic mass is 10.0. The average molecular weight is 517 g/mol. The summed E-state index contributed by atoms with van der Waals surface area (Å²) in [6.45, 7) is 0. The molecular formula is C36H24N2S.